The minimum absolute atomic E-state index is 0.0159. The number of hydrogen-bond acceptors (Lipinski definition) is 10. The number of carbonyl (C=O) groups is 1. The average molecular weight is 434 g/mol. The summed E-state index contributed by atoms with van der Waals surface area (Å²) in [7, 11) is 0. The Labute approximate surface area is 176 Å². The molecular weight excluding hydrogens is 412 g/mol. The molecule has 1 saturated heterocycles. The second-order valence-corrected chi connectivity index (χ2v) is 7.46. The Balaban J connectivity index is 1.57. The number of aliphatic hydroxyl groups is 4. The van der Waals surface area contributed by atoms with E-state index in [9.17, 15) is 35.4 Å². The molecular formula is C21H22O10. The molecule has 0 amide bonds. The van der Waals surface area contributed by atoms with Crippen molar-refractivity contribution in [3.8, 4) is 23.0 Å². The Bertz CT molecular complexity index is 975. The third-order valence-electron chi connectivity index (χ3n) is 5.35. The largest absolute Gasteiger partial charge is 0.508 e. The van der Waals surface area contributed by atoms with E-state index in [1.807, 2.05) is 0 Å². The smallest absolute Gasteiger partial charge is 0.229 e. The number of ether oxygens (including phenoxy) is 3. The summed E-state index contributed by atoms with van der Waals surface area (Å²) in [6, 6.07) is 8.44. The predicted molar refractivity (Wildman–Crippen MR) is 103 cm³/mol. The topological polar surface area (TPSA) is 166 Å². The zero-order valence-electron chi connectivity index (χ0n) is 16.2. The van der Waals surface area contributed by atoms with Crippen molar-refractivity contribution in [1.29, 1.82) is 0 Å². The molecule has 0 spiro atoms. The van der Waals surface area contributed by atoms with Crippen LogP contribution in [0.2, 0.25) is 0 Å². The van der Waals surface area contributed by atoms with E-state index in [-0.39, 0.29) is 35.2 Å². The molecule has 0 unspecified atom stereocenters. The fourth-order valence-corrected chi connectivity index (χ4v) is 3.61. The van der Waals surface area contributed by atoms with Crippen molar-refractivity contribution < 1.29 is 49.6 Å². The maximum absolute atomic E-state index is 12.5. The number of phenols is 2. The Kier molecular flexibility index (Phi) is 5.73. The van der Waals surface area contributed by atoms with Crippen molar-refractivity contribution in [2.45, 2.75) is 43.2 Å². The first-order valence-corrected chi connectivity index (χ1v) is 9.61. The normalized spacial score (nSPS) is 30.4. The summed E-state index contributed by atoms with van der Waals surface area (Å²) in [6.07, 6.45) is -8.19. The molecule has 6 N–H and O–H groups in total. The molecule has 2 heterocycles. The number of aliphatic hydroxyl groups excluding tert-OH is 4. The Morgan fingerprint density at radius 2 is 1.77 bits per heavy atom. The molecule has 10 heteroatoms. The lowest BCUT2D eigenvalue weighted by molar-refractivity contribution is -0.277. The highest BCUT2D eigenvalue weighted by Gasteiger charge is 2.45. The number of phenolic OH excluding ortho intramolecular Hbond substituents is 2. The molecule has 2 aromatic carbocycles. The van der Waals surface area contributed by atoms with Gasteiger partial charge in [-0.3, -0.25) is 4.79 Å². The van der Waals surface area contributed by atoms with E-state index in [1.165, 1.54) is 36.4 Å². The average Bonchev–Trinajstić information content (AvgIpc) is 2.75. The van der Waals surface area contributed by atoms with E-state index in [0.717, 1.165) is 0 Å². The fraction of sp³-hybridized carbons (Fsp3) is 0.381. The molecule has 6 atom stereocenters. The highest BCUT2D eigenvalue weighted by molar-refractivity contribution is 6.00. The van der Waals surface area contributed by atoms with Crippen molar-refractivity contribution in [1.82, 2.24) is 0 Å². The maximum Gasteiger partial charge on any atom is 0.229 e. The number of Topliss-reactive ketones (excluding diaryl/α,β-unsaturated/α-hetero) is 1. The van der Waals surface area contributed by atoms with Gasteiger partial charge in [-0.05, 0) is 29.8 Å². The quantitative estimate of drug-likeness (QED) is 0.385. The first-order valence-electron chi connectivity index (χ1n) is 9.61. The molecule has 31 heavy (non-hydrogen) atoms. The van der Waals surface area contributed by atoms with Crippen molar-refractivity contribution >= 4 is 5.78 Å². The number of carbonyl (C=O) groups excluding carboxylic acids is 1. The van der Waals surface area contributed by atoms with Gasteiger partial charge < -0.3 is 44.8 Å². The lowest BCUT2D eigenvalue weighted by Gasteiger charge is -2.39. The molecule has 1 fully saturated rings. The molecule has 10 nitrogen and oxygen atoms in total. The van der Waals surface area contributed by atoms with Crippen LogP contribution in [0.3, 0.4) is 0 Å². The fourth-order valence-electron chi connectivity index (χ4n) is 3.61. The van der Waals surface area contributed by atoms with Crippen LogP contribution < -0.4 is 9.47 Å². The van der Waals surface area contributed by atoms with E-state index < -0.39 is 43.4 Å². The second-order valence-electron chi connectivity index (χ2n) is 7.46. The monoisotopic (exact) mass is 434 g/mol. The molecule has 0 radical (unpaired) electrons. The lowest BCUT2D eigenvalue weighted by atomic mass is 9.96. The number of ketones is 1. The standard InChI is InChI=1S/C21H22O10/c22-8-17-18(26)19(27)20(28)21(31-17)30-16-5-9(1-4-12(16)24)14-7-13(25)11-3-2-10(23)6-15(11)29-14/h1-6,14,17-24,26-28H,7-8H2/t14-,17-,18-,19+,20-,21-/m1/s1. The van der Waals surface area contributed by atoms with Gasteiger partial charge in [-0.2, -0.15) is 0 Å². The van der Waals surface area contributed by atoms with Crippen molar-refractivity contribution in [3.63, 3.8) is 0 Å². The third kappa shape index (κ3) is 4.03. The van der Waals surface area contributed by atoms with Crippen LogP contribution in [0.25, 0.3) is 0 Å². The molecule has 166 valence electrons. The summed E-state index contributed by atoms with van der Waals surface area (Å²) < 4.78 is 16.6. The van der Waals surface area contributed by atoms with Crippen LogP contribution in [0.1, 0.15) is 28.4 Å². The summed E-state index contributed by atoms with van der Waals surface area (Å²) in [4.78, 5) is 12.5. The Hall–Kier alpha value is -2.89. The first kappa shape index (κ1) is 21.3. The van der Waals surface area contributed by atoms with Gasteiger partial charge in [0.05, 0.1) is 18.6 Å². The SMILES string of the molecule is O=C1C[C@H](c2ccc(O)c(O[C@@H]3O[C@H](CO)[C@@H](O)[C@H](O)[C@H]3O)c2)Oc2cc(O)ccc21. The van der Waals surface area contributed by atoms with Crippen molar-refractivity contribution in [2.75, 3.05) is 6.61 Å². The van der Waals surface area contributed by atoms with E-state index in [0.29, 0.717) is 11.1 Å². The third-order valence-corrected chi connectivity index (χ3v) is 5.35. The van der Waals surface area contributed by atoms with Gasteiger partial charge in [-0.1, -0.05) is 6.07 Å². The Morgan fingerprint density at radius 1 is 1.00 bits per heavy atom. The van der Waals surface area contributed by atoms with E-state index in [1.54, 1.807) is 0 Å². The second kappa shape index (κ2) is 8.33. The molecule has 0 saturated carbocycles. The van der Waals surface area contributed by atoms with Gasteiger partial charge in [-0.25, -0.2) is 0 Å². The summed E-state index contributed by atoms with van der Waals surface area (Å²) in [5.74, 6) is -0.438. The highest BCUT2D eigenvalue weighted by atomic mass is 16.7. The summed E-state index contributed by atoms with van der Waals surface area (Å²) in [6.45, 7) is -0.624. The van der Waals surface area contributed by atoms with Crippen LogP contribution in [0, 0.1) is 0 Å². The van der Waals surface area contributed by atoms with E-state index in [4.69, 9.17) is 14.2 Å². The minimum atomic E-state index is -1.65. The number of rotatable bonds is 4. The first-order chi connectivity index (χ1) is 14.8. The molecule has 0 aromatic heterocycles. The molecule has 4 rings (SSSR count). The van der Waals surface area contributed by atoms with Gasteiger partial charge >= 0.3 is 0 Å². The minimum Gasteiger partial charge on any atom is -0.508 e. The van der Waals surface area contributed by atoms with Gasteiger partial charge in [0, 0.05) is 6.07 Å². The van der Waals surface area contributed by atoms with E-state index in [2.05, 4.69) is 0 Å². The van der Waals surface area contributed by atoms with Gasteiger partial charge in [0.15, 0.2) is 17.3 Å². The number of hydrogen-bond donors (Lipinski definition) is 6. The molecule has 0 aliphatic carbocycles. The predicted octanol–water partition coefficient (Wildman–Crippen LogP) is -0.0170. The highest BCUT2D eigenvalue weighted by Crippen LogP contribution is 2.39. The summed E-state index contributed by atoms with van der Waals surface area (Å²) in [5, 5.41) is 59.1. The van der Waals surface area contributed by atoms with Crippen LogP contribution in [0.15, 0.2) is 36.4 Å². The van der Waals surface area contributed by atoms with Gasteiger partial charge in [-0.15, -0.1) is 0 Å². The molecule has 2 aromatic rings. The molecule has 2 aliphatic heterocycles. The van der Waals surface area contributed by atoms with Crippen LogP contribution in [-0.4, -0.2) is 73.7 Å². The van der Waals surface area contributed by atoms with Crippen LogP contribution in [0.4, 0.5) is 0 Å². The van der Waals surface area contributed by atoms with Crippen molar-refractivity contribution in [2.24, 2.45) is 0 Å². The van der Waals surface area contributed by atoms with Crippen molar-refractivity contribution in [3.05, 3.63) is 47.5 Å². The zero-order valence-corrected chi connectivity index (χ0v) is 16.2. The Morgan fingerprint density at radius 3 is 2.52 bits per heavy atom. The number of aromatic hydroxyl groups is 2. The molecule has 0 bridgehead atoms. The lowest BCUT2D eigenvalue weighted by Crippen LogP contribution is -2.60. The van der Waals surface area contributed by atoms with Crippen LogP contribution in [-0.2, 0) is 4.74 Å². The van der Waals surface area contributed by atoms with Gasteiger partial charge in [0.2, 0.25) is 6.29 Å². The van der Waals surface area contributed by atoms with E-state index >= 15 is 0 Å². The molecule has 2 aliphatic rings. The van der Waals surface area contributed by atoms with Crippen LogP contribution in [0.5, 0.6) is 23.0 Å². The zero-order chi connectivity index (χ0) is 22.3. The number of benzene rings is 2. The van der Waals surface area contributed by atoms with Crippen LogP contribution >= 0.6 is 0 Å². The summed E-state index contributed by atoms with van der Waals surface area (Å²) >= 11 is 0. The summed E-state index contributed by atoms with van der Waals surface area (Å²) in [5.41, 5.74) is 0.824. The number of fused-ring (bicyclic) bond motifs is 1. The van der Waals surface area contributed by atoms with Gasteiger partial charge in [0.1, 0.15) is 42.0 Å². The van der Waals surface area contributed by atoms with Gasteiger partial charge in [0.25, 0.3) is 0 Å². The maximum atomic E-state index is 12.5.